The fraction of sp³-hybridized carbons (Fsp3) is 0.357. The van der Waals surface area contributed by atoms with Crippen LogP contribution >= 0.6 is 0 Å². The molecule has 0 amide bonds. The zero-order valence-electron chi connectivity index (χ0n) is 20.1. The van der Waals surface area contributed by atoms with E-state index in [0.29, 0.717) is 24.3 Å². The van der Waals surface area contributed by atoms with Gasteiger partial charge in [-0.1, -0.05) is 69.3 Å². The van der Waals surface area contributed by atoms with E-state index in [1.165, 1.54) is 5.56 Å². The van der Waals surface area contributed by atoms with Gasteiger partial charge < -0.3 is 10.1 Å². The van der Waals surface area contributed by atoms with Crippen LogP contribution in [0.25, 0.3) is 0 Å². The lowest BCUT2D eigenvalue weighted by Crippen LogP contribution is -2.45. The van der Waals surface area contributed by atoms with Crippen molar-refractivity contribution >= 4 is 15.7 Å². The number of hydrogen-bond donors (Lipinski definition) is 2. The van der Waals surface area contributed by atoms with Crippen molar-refractivity contribution in [2.45, 2.75) is 62.9 Å². The highest BCUT2D eigenvalue weighted by Crippen LogP contribution is 2.30. The summed E-state index contributed by atoms with van der Waals surface area (Å²) in [4.78, 5) is 0.254. The van der Waals surface area contributed by atoms with E-state index in [1.807, 2.05) is 30.3 Å². The molecule has 3 aromatic carbocycles. The fourth-order valence-electron chi connectivity index (χ4n) is 4.34. The minimum absolute atomic E-state index is 0.225. The number of hydrogen-bond acceptors (Lipinski definition) is 4. The van der Waals surface area contributed by atoms with Crippen LogP contribution in [0, 0.1) is 0 Å². The third-order valence-electron chi connectivity index (χ3n) is 6.37. The fourth-order valence-corrected chi connectivity index (χ4v) is 5.39. The van der Waals surface area contributed by atoms with Crippen LogP contribution in [0.1, 0.15) is 49.8 Å². The number of sulfonamides is 1. The molecule has 0 fully saturated rings. The first kappa shape index (κ1) is 24.3. The first-order chi connectivity index (χ1) is 16.3. The average molecular weight is 479 g/mol. The molecule has 5 nitrogen and oxygen atoms in total. The molecule has 2 N–H and O–H groups in total. The Morgan fingerprint density at radius 1 is 1.00 bits per heavy atom. The van der Waals surface area contributed by atoms with Crippen LogP contribution in [0.15, 0.2) is 77.7 Å². The van der Waals surface area contributed by atoms with Gasteiger partial charge >= 0.3 is 0 Å². The second-order valence-electron chi connectivity index (χ2n) is 9.33. The summed E-state index contributed by atoms with van der Waals surface area (Å²) < 4.78 is 34.4. The molecule has 1 aliphatic heterocycles. The largest absolute Gasteiger partial charge is 0.492 e. The molecule has 0 saturated carbocycles. The lowest BCUT2D eigenvalue weighted by Gasteiger charge is -2.30. The van der Waals surface area contributed by atoms with Crippen molar-refractivity contribution in [2.75, 3.05) is 11.3 Å². The van der Waals surface area contributed by atoms with Gasteiger partial charge in [-0.3, -0.25) is 4.72 Å². The van der Waals surface area contributed by atoms with Gasteiger partial charge in [0.15, 0.2) is 0 Å². The van der Waals surface area contributed by atoms with E-state index in [2.05, 4.69) is 55.1 Å². The normalized spacial score (nSPS) is 16.5. The highest BCUT2D eigenvalue weighted by Gasteiger charge is 2.23. The van der Waals surface area contributed by atoms with E-state index in [1.54, 1.807) is 18.2 Å². The third kappa shape index (κ3) is 5.99. The maximum absolute atomic E-state index is 12.8. The van der Waals surface area contributed by atoms with E-state index in [0.717, 1.165) is 36.1 Å². The van der Waals surface area contributed by atoms with E-state index in [9.17, 15) is 8.42 Å². The van der Waals surface area contributed by atoms with Crippen LogP contribution in [0.4, 0.5) is 5.69 Å². The zero-order valence-corrected chi connectivity index (χ0v) is 20.9. The first-order valence-corrected chi connectivity index (χ1v) is 13.5. The molecule has 0 radical (unpaired) electrons. The van der Waals surface area contributed by atoms with Gasteiger partial charge in [-0.25, -0.2) is 8.42 Å². The average Bonchev–Trinajstić information content (AvgIpc) is 2.84. The lowest BCUT2D eigenvalue weighted by atomic mass is 9.99. The molecule has 0 saturated heterocycles. The molecule has 0 aliphatic carbocycles. The van der Waals surface area contributed by atoms with Crippen LogP contribution in [0.5, 0.6) is 5.75 Å². The van der Waals surface area contributed by atoms with Crippen molar-refractivity contribution in [1.82, 2.24) is 5.32 Å². The second kappa shape index (κ2) is 10.6. The maximum Gasteiger partial charge on any atom is 0.261 e. The van der Waals surface area contributed by atoms with E-state index >= 15 is 0 Å². The number of ether oxygens (including phenoxy) is 1. The van der Waals surface area contributed by atoms with Crippen LogP contribution in [0.3, 0.4) is 0 Å². The molecule has 0 bridgehead atoms. The Morgan fingerprint density at radius 3 is 2.41 bits per heavy atom. The lowest BCUT2D eigenvalue weighted by molar-refractivity contribution is 0.225. The Labute approximate surface area is 203 Å². The van der Waals surface area contributed by atoms with Crippen molar-refractivity contribution in [3.63, 3.8) is 0 Å². The number of fused-ring (bicyclic) bond motifs is 1. The highest BCUT2D eigenvalue weighted by molar-refractivity contribution is 7.92. The van der Waals surface area contributed by atoms with E-state index in [-0.39, 0.29) is 10.9 Å². The molecule has 2 atom stereocenters. The van der Waals surface area contributed by atoms with Crippen LogP contribution < -0.4 is 14.8 Å². The highest BCUT2D eigenvalue weighted by atomic mass is 32.2. The molecule has 0 aromatic heterocycles. The van der Waals surface area contributed by atoms with Crippen LogP contribution in [0.2, 0.25) is 0 Å². The number of nitrogens with one attached hydrogen (secondary N) is 2. The van der Waals surface area contributed by atoms with Gasteiger partial charge in [0.05, 0.1) is 10.6 Å². The summed E-state index contributed by atoms with van der Waals surface area (Å²) in [6.07, 6.45) is 2.88. The molecule has 6 heteroatoms. The molecule has 34 heavy (non-hydrogen) atoms. The Balaban J connectivity index is 1.39. The van der Waals surface area contributed by atoms with Crippen LogP contribution in [-0.2, 0) is 22.9 Å². The second-order valence-corrected chi connectivity index (χ2v) is 11.0. The number of rotatable bonds is 9. The minimum atomic E-state index is -3.66. The zero-order chi connectivity index (χ0) is 24.1. The SMILES string of the molecule is CCC(Cc1ccccc1)NC1COc2cc(NS(=O)(=O)c3ccc(C(C)C)cc3)ccc2C1. The van der Waals surface area contributed by atoms with Crippen molar-refractivity contribution in [2.24, 2.45) is 0 Å². The third-order valence-corrected chi connectivity index (χ3v) is 7.77. The smallest absolute Gasteiger partial charge is 0.261 e. The summed E-state index contributed by atoms with van der Waals surface area (Å²) in [6.45, 7) is 6.93. The topological polar surface area (TPSA) is 67.4 Å². The predicted octanol–water partition coefficient (Wildman–Crippen LogP) is 5.53. The quantitative estimate of drug-likeness (QED) is 0.425. The molecule has 1 aliphatic rings. The Kier molecular flexibility index (Phi) is 7.59. The Morgan fingerprint density at radius 2 is 1.74 bits per heavy atom. The van der Waals surface area contributed by atoms with E-state index in [4.69, 9.17) is 4.74 Å². The van der Waals surface area contributed by atoms with Gasteiger partial charge in [0.1, 0.15) is 12.4 Å². The molecule has 2 unspecified atom stereocenters. The molecule has 0 spiro atoms. The summed E-state index contributed by atoms with van der Waals surface area (Å²) in [7, 11) is -3.66. The molecule has 3 aromatic rings. The van der Waals surface area contributed by atoms with Gasteiger partial charge in [-0.15, -0.1) is 0 Å². The molecular formula is C28H34N2O3S. The van der Waals surface area contributed by atoms with Crippen molar-refractivity contribution in [1.29, 1.82) is 0 Å². The van der Waals surface area contributed by atoms with Crippen molar-refractivity contribution in [3.8, 4) is 5.75 Å². The minimum Gasteiger partial charge on any atom is -0.492 e. The summed E-state index contributed by atoms with van der Waals surface area (Å²) in [5.74, 6) is 1.09. The van der Waals surface area contributed by atoms with Gasteiger partial charge in [0.25, 0.3) is 10.0 Å². The summed E-state index contributed by atoms with van der Waals surface area (Å²) in [6, 6.07) is 23.7. The molecule has 1 heterocycles. The van der Waals surface area contributed by atoms with Crippen LogP contribution in [-0.4, -0.2) is 27.1 Å². The van der Waals surface area contributed by atoms with Gasteiger partial charge in [-0.05, 0) is 60.1 Å². The maximum atomic E-state index is 12.8. The monoisotopic (exact) mass is 478 g/mol. The summed E-state index contributed by atoms with van der Waals surface area (Å²) in [5, 5.41) is 3.75. The number of benzene rings is 3. The van der Waals surface area contributed by atoms with Gasteiger partial charge in [-0.2, -0.15) is 0 Å². The van der Waals surface area contributed by atoms with Crippen molar-refractivity contribution < 1.29 is 13.2 Å². The summed E-state index contributed by atoms with van der Waals surface area (Å²) in [5.41, 5.74) is 4.03. The van der Waals surface area contributed by atoms with E-state index < -0.39 is 10.0 Å². The predicted molar refractivity (Wildman–Crippen MR) is 138 cm³/mol. The number of anilines is 1. The first-order valence-electron chi connectivity index (χ1n) is 12.0. The molecular weight excluding hydrogens is 444 g/mol. The van der Waals surface area contributed by atoms with Gasteiger partial charge in [0.2, 0.25) is 0 Å². The molecule has 4 rings (SSSR count). The standard InChI is InChI=1S/C28H34N2O3S/c1-4-24(16-21-8-6-5-7-9-21)29-26-17-23-10-13-25(18-28(23)33-19-26)30-34(31,32)27-14-11-22(12-15-27)20(2)3/h5-15,18,20,24,26,29-30H,4,16-17,19H2,1-3H3. The van der Waals surface area contributed by atoms with Gasteiger partial charge in [0, 0.05) is 18.2 Å². The molecule has 180 valence electrons. The summed E-state index contributed by atoms with van der Waals surface area (Å²) >= 11 is 0. The Bertz CT molecular complexity index is 1190. The van der Waals surface area contributed by atoms with Crippen molar-refractivity contribution in [3.05, 3.63) is 89.5 Å². The Hall–Kier alpha value is -2.83.